The molecule has 2 unspecified atom stereocenters. The first kappa shape index (κ1) is 15.0. The molecule has 4 nitrogen and oxygen atoms in total. The summed E-state index contributed by atoms with van der Waals surface area (Å²) in [4.78, 5) is 16.2. The average Bonchev–Trinajstić information content (AvgIpc) is 2.49. The van der Waals surface area contributed by atoms with E-state index < -0.39 is 0 Å². The molecular weight excluding hydrogens is 250 g/mol. The zero-order valence-corrected chi connectivity index (χ0v) is 12.3. The number of carbonyl (C=O) groups is 1. The van der Waals surface area contributed by atoms with E-state index in [0.717, 1.165) is 25.2 Å². The molecule has 0 spiro atoms. The van der Waals surface area contributed by atoms with Crippen LogP contribution >= 0.6 is 0 Å². The molecule has 2 N–H and O–H groups in total. The van der Waals surface area contributed by atoms with Gasteiger partial charge in [-0.05, 0) is 49.9 Å². The Balaban J connectivity index is 1.64. The summed E-state index contributed by atoms with van der Waals surface area (Å²) < 4.78 is 0. The molecule has 0 aliphatic carbocycles. The molecule has 1 aliphatic heterocycles. The number of carbonyl (C=O) groups excluding carboxylic acids is 1. The molecule has 0 aromatic carbocycles. The number of amides is 1. The van der Waals surface area contributed by atoms with Crippen LogP contribution in [0.1, 0.15) is 31.9 Å². The van der Waals surface area contributed by atoms with E-state index in [9.17, 15) is 4.79 Å². The van der Waals surface area contributed by atoms with Crippen LogP contribution in [0.25, 0.3) is 0 Å². The number of pyridine rings is 1. The maximum atomic E-state index is 11.9. The number of rotatable bonds is 6. The molecule has 0 bridgehead atoms. The lowest BCUT2D eigenvalue weighted by Gasteiger charge is -2.28. The predicted octanol–water partition coefficient (Wildman–Crippen LogP) is 1.77. The zero-order chi connectivity index (χ0) is 14.2. The van der Waals surface area contributed by atoms with Crippen molar-refractivity contribution in [3.05, 3.63) is 30.1 Å². The summed E-state index contributed by atoms with van der Waals surface area (Å²) in [5.41, 5.74) is 1.03. The van der Waals surface area contributed by atoms with Crippen LogP contribution in [-0.2, 0) is 11.2 Å². The minimum atomic E-state index is 0.166. The van der Waals surface area contributed by atoms with E-state index in [0.29, 0.717) is 24.8 Å². The molecule has 2 atom stereocenters. The second kappa shape index (κ2) is 8.00. The minimum absolute atomic E-state index is 0.166. The van der Waals surface area contributed by atoms with E-state index >= 15 is 0 Å². The molecule has 0 radical (unpaired) electrons. The molecule has 110 valence electrons. The second-order valence-corrected chi connectivity index (χ2v) is 5.71. The number of hydrogen-bond acceptors (Lipinski definition) is 3. The first-order valence-electron chi connectivity index (χ1n) is 7.63. The third-order valence-electron chi connectivity index (χ3n) is 4.08. The molecule has 2 heterocycles. The highest BCUT2D eigenvalue weighted by Gasteiger charge is 2.21. The van der Waals surface area contributed by atoms with Crippen LogP contribution in [-0.4, -0.2) is 30.5 Å². The van der Waals surface area contributed by atoms with Gasteiger partial charge < -0.3 is 10.6 Å². The Labute approximate surface area is 121 Å². The van der Waals surface area contributed by atoms with Crippen molar-refractivity contribution in [3.63, 3.8) is 0 Å². The van der Waals surface area contributed by atoms with E-state index in [1.54, 1.807) is 6.20 Å². The van der Waals surface area contributed by atoms with E-state index in [1.165, 1.54) is 12.8 Å². The summed E-state index contributed by atoms with van der Waals surface area (Å²) >= 11 is 0. The summed E-state index contributed by atoms with van der Waals surface area (Å²) in [7, 11) is 0. The van der Waals surface area contributed by atoms with Crippen molar-refractivity contribution >= 4 is 5.91 Å². The molecule has 20 heavy (non-hydrogen) atoms. The highest BCUT2D eigenvalue weighted by atomic mass is 16.1. The van der Waals surface area contributed by atoms with Gasteiger partial charge in [-0.2, -0.15) is 0 Å². The summed E-state index contributed by atoms with van der Waals surface area (Å²) in [5, 5.41) is 6.42. The Hall–Kier alpha value is -1.42. The molecule has 2 rings (SSSR count). The SMILES string of the molecule is CC(CC(=O)NCCc1ccccn1)C1CCCNC1. The van der Waals surface area contributed by atoms with Gasteiger partial charge in [0.25, 0.3) is 0 Å². The van der Waals surface area contributed by atoms with Crippen molar-refractivity contribution in [1.82, 2.24) is 15.6 Å². The first-order chi connectivity index (χ1) is 9.75. The van der Waals surface area contributed by atoms with E-state index in [1.807, 2.05) is 18.2 Å². The second-order valence-electron chi connectivity index (χ2n) is 5.71. The van der Waals surface area contributed by atoms with Crippen LogP contribution in [0.4, 0.5) is 0 Å². The van der Waals surface area contributed by atoms with Crippen molar-refractivity contribution in [2.24, 2.45) is 11.8 Å². The van der Waals surface area contributed by atoms with Crippen molar-refractivity contribution in [3.8, 4) is 0 Å². The van der Waals surface area contributed by atoms with Gasteiger partial charge in [-0.1, -0.05) is 13.0 Å². The number of piperidine rings is 1. The molecule has 1 aromatic rings. The molecule has 1 aromatic heterocycles. The van der Waals surface area contributed by atoms with Gasteiger partial charge in [-0.25, -0.2) is 0 Å². The summed E-state index contributed by atoms with van der Waals surface area (Å²) in [6, 6.07) is 5.87. The van der Waals surface area contributed by atoms with E-state index in [4.69, 9.17) is 0 Å². The quantitative estimate of drug-likeness (QED) is 0.832. The Morgan fingerprint density at radius 3 is 3.15 bits per heavy atom. The first-order valence-corrected chi connectivity index (χ1v) is 7.63. The Kier molecular flexibility index (Phi) is 5.99. The standard InChI is InChI=1S/C16H25N3O/c1-13(14-5-4-8-17-12-14)11-16(20)19-10-7-15-6-2-3-9-18-15/h2-3,6,9,13-14,17H,4-5,7-8,10-12H2,1H3,(H,19,20). The lowest BCUT2D eigenvalue weighted by molar-refractivity contribution is -0.122. The highest BCUT2D eigenvalue weighted by Crippen LogP contribution is 2.22. The molecule has 1 fully saturated rings. The van der Waals surface area contributed by atoms with Crippen molar-refractivity contribution in [2.45, 2.75) is 32.6 Å². The van der Waals surface area contributed by atoms with Crippen molar-refractivity contribution < 1.29 is 4.79 Å². The molecule has 1 amide bonds. The Bertz CT molecular complexity index is 401. The number of aromatic nitrogens is 1. The fraction of sp³-hybridized carbons (Fsp3) is 0.625. The highest BCUT2D eigenvalue weighted by molar-refractivity contribution is 5.76. The summed E-state index contributed by atoms with van der Waals surface area (Å²) in [6.45, 7) is 5.04. The van der Waals surface area contributed by atoms with Gasteiger partial charge in [0.05, 0.1) is 0 Å². The van der Waals surface area contributed by atoms with Crippen LogP contribution in [0.5, 0.6) is 0 Å². The average molecular weight is 275 g/mol. The minimum Gasteiger partial charge on any atom is -0.356 e. The Morgan fingerprint density at radius 2 is 2.45 bits per heavy atom. The van der Waals surface area contributed by atoms with Crippen LogP contribution in [0, 0.1) is 11.8 Å². The zero-order valence-electron chi connectivity index (χ0n) is 12.3. The Morgan fingerprint density at radius 1 is 1.55 bits per heavy atom. The van der Waals surface area contributed by atoms with Gasteiger partial charge in [0.1, 0.15) is 0 Å². The van der Waals surface area contributed by atoms with Crippen molar-refractivity contribution in [2.75, 3.05) is 19.6 Å². The third kappa shape index (κ3) is 4.93. The third-order valence-corrected chi connectivity index (χ3v) is 4.08. The normalized spacial score (nSPS) is 20.4. The van der Waals surface area contributed by atoms with Crippen molar-refractivity contribution in [1.29, 1.82) is 0 Å². The summed E-state index contributed by atoms with van der Waals surface area (Å²) in [6.07, 6.45) is 5.70. The van der Waals surface area contributed by atoms with Crippen LogP contribution < -0.4 is 10.6 Å². The fourth-order valence-corrected chi connectivity index (χ4v) is 2.77. The van der Waals surface area contributed by atoms with Gasteiger partial charge in [0, 0.05) is 31.3 Å². The largest absolute Gasteiger partial charge is 0.356 e. The van der Waals surface area contributed by atoms with Crippen LogP contribution in [0.3, 0.4) is 0 Å². The predicted molar refractivity (Wildman–Crippen MR) is 80.3 cm³/mol. The van der Waals surface area contributed by atoms with Gasteiger partial charge in [-0.3, -0.25) is 9.78 Å². The number of hydrogen-bond donors (Lipinski definition) is 2. The van der Waals surface area contributed by atoms with Gasteiger partial charge >= 0.3 is 0 Å². The van der Waals surface area contributed by atoms with Gasteiger partial charge in [0.2, 0.25) is 5.91 Å². The summed E-state index contributed by atoms with van der Waals surface area (Å²) in [5.74, 6) is 1.27. The molecular formula is C16H25N3O. The molecule has 0 saturated carbocycles. The topological polar surface area (TPSA) is 54.0 Å². The molecule has 1 saturated heterocycles. The lowest BCUT2D eigenvalue weighted by atomic mass is 9.85. The van der Waals surface area contributed by atoms with Crippen LogP contribution in [0.15, 0.2) is 24.4 Å². The van der Waals surface area contributed by atoms with E-state index in [2.05, 4.69) is 22.5 Å². The van der Waals surface area contributed by atoms with Gasteiger partial charge in [-0.15, -0.1) is 0 Å². The lowest BCUT2D eigenvalue weighted by Crippen LogP contribution is -2.36. The monoisotopic (exact) mass is 275 g/mol. The maximum absolute atomic E-state index is 11.9. The molecule has 1 aliphatic rings. The smallest absolute Gasteiger partial charge is 0.220 e. The number of nitrogens with zero attached hydrogens (tertiary/aromatic N) is 1. The number of nitrogens with one attached hydrogen (secondary N) is 2. The van der Waals surface area contributed by atoms with E-state index in [-0.39, 0.29) is 5.91 Å². The molecule has 4 heteroatoms. The maximum Gasteiger partial charge on any atom is 0.220 e. The fourth-order valence-electron chi connectivity index (χ4n) is 2.77. The van der Waals surface area contributed by atoms with Crippen LogP contribution in [0.2, 0.25) is 0 Å². The van der Waals surface area contributed by atoms with Gasteiger partial charge in [0.15, 0.2) is 0 Å².